The minimum absolute atomic E-state index is 0.758. The van der Waals surface area contributed by atoms with Gasteiger partial charge in [-0.15, -0.1) is 0 Å². The van der Waals surface area contributed by atoms with Crippen molar-refractivity contribution in [2.45, 2.75) is 63.6 Å². The highest BCUT2D eigenvalue weighted by Gasteiger charge is 2.23. The number of rotatable bonds is 7. The summed E-state index contributed by atoms with van der Waals surface area (Å²) in [6, 6.07) is 0. The van der Waals surface area contributed by atoms with Gasteiger partial charge < -0.3 is 4.90 Å². The highest BCUT2D eigenvalue weighted by Crippen LogP contribution is 2.23. The first-order valence-electron chi connectivity index (χ1n) is 7.10. The van der Waals surface area contributed by atoms with Gasteiger partial charge in [0.25, 0.3) is 0 Å². The van der Waals surface area contributed by atoms with E-state index >= 15 is 0 Å². The summed E-state index contributed by atoms with van der Waals surface area (Å²) in [6.45, 7) is 8.58. The summed E-state index contributed by atoms with van der Waals surface area (Å²) < 4.78 is 0. The predicted octanol–water partition coefficient (Wildman–Crippen LogP) is 4.45. The lowest BCUT2D eigenvalue weighted by atomic mass is 10.00. The first-order valence-corrected chi connectivity index (χ1v) is 8.02. The molecule has 1 saturated heterocycles. The standard InChI is InChI=1S/C14H28BrN/c1-3-4-5-6-7-8-10-16-11-9-14(15)13(2)12-16/h13-14H,3-12H2,1-2H3. The van der Waals surface area contributed by atoms with Crippen LogP contribution in [0.15, 0.2) is 0 Å². The molecule has 2 unspecified atom stereocenters. The molecule has 1 rings (SSSR count). The van der Waals surface area contributed by atoms with Crippen molar-refractivity contribution in [3.63, 3.8) is 0 Å². The average molecular weight is 290 g/mol. The Morgan fingerprint density at radius 2 is 1.81 bits per heavy atom. The molecule has 2 heteroatoms. The van der Waals surface area contributed by atoms with Gasteiger partial charge in [-0.2, -0.15) is 0 Å². The Morgan fingerprint density at radius 3 is 2.50 bits per heavy atom. The van der Waals surface area contributed by atoms with Gasteiger partial charge in [-0.25, -0.2) is 0 Å². The van der Waals surface area contributed by atoms with Crippen LogP contribution >= 0.6 is 15.9 Å². The molecule has 0 spiro atoms. The molecule has 0 aromatic rings. The van der Waals surface area contributed by atoms with Crippen molar-refractivity contribution in [1.82, 2.24) is 4.90 Å². The zero-order valence-corrected chi connectivity index (χ0v) is 12.6. The Bertz CT molecular complexity index is 172. The zero-order chi connectivity index (χ0) is 11.8. The van der Waals surface area contributed by atoms with Crippen LogP contribution in [-0.2, 0) is 0 Å². The van der Waals surface area contributed by atoms with Crippen molar-refractivity contribution in [1.29, 1.82) is 0 Å². The number of piperidine rings is 1. The van der Waals surface area contributed by atoms with Crippen LogP contribution in [0.1, 0.15) is 58.8 Å². The quantitative estimate of drug-likeness (QED) is 0.494. The summed E-state index contributed by atoms with van der Waals surface area (Å²) in [4.78, 5) is 3.41. The first-order chi connectivity index (χ1) is 7.74. The second kappa shape index (κ2) is 8.52. The number of alkyl halides is 1. The van der Waals surface area contributed by atoms with E-state index in [1.165, 1.54) is 64.6 Å². The third-order valence-electron chi connectivity index (χ3n) is 3.71. The summed E-state index contributed by atoms with van der Waals surface area (Å²) >= 11 is 3.76. The number of unbranched alkanes of at least 4 members (excludes halogenated alkanes) is 5. The van der Waals surface area contributed by atoms with Gasteiger partial charge in [-0.3, -0.25) is 0 Å². The molecule has 0 bridgehead atoms. The van der Waals surface area contributed by atoms with Gasteiger partial charge >= 0.3 is 0 Å². The SMILES string of the molecule is CCCCCCCCN1CCC(Br)C(C)C1. The molecule has 0 aromatic carbocycles. The molecular formula is C14H28BrN. The molecular weight excluding hydrogens is 262 g/mol. The van der Waals surface area contributed by atoms with Gasteiger partial charge in [0.05, 0.1) is 0 Å². The lowest BCUT2D eigenvalue weighted by molar-refractivity contribution is 0.187. The first kappa shape index (κ1) is 14.5. The smallest absolute Gasteiger partial charge is 0.0195 e. The topological polar surface area (TPSA) is 3.24 Å². The molecule has 0 radical (unpaired) electrons. The van der Waals surface area contributed by atoms with Crippen LogP contribution in [0.2, 0.25) is 0 Å². The molecule has 1 heterocycles. The van der Waals surface area contributed by atoms with Crippen LogP contribution < -0.4 is 0 Å². The maximum Gasteiger partial charge on any atom is 0.0195 e. The van der Waals surface area contributed by atoms with Gasteiger partial charge in [0.2, 0.25) is 0 Å². The van der Waals surface area contributed by atoms with Crippen LogP contribution in [0, 0.1) is 5.92 Å². The van der Waals surface area contributed by atoms with Gasteiger partial charge in [-0.05, 0) is 31.8 Å². The monoisotopic (exact) mass is 289 g/mol. The van der Waals surface area contributed by atoms with Crippen LogP contribution in [-0.4, -0.2) is 29.4 Å². The fourth-order valence-corrected chi connectivity index (χ4v) is 2.89. The van der Waals surface area contributed by atoms with Crippen molar-refractivity contribution in [2.24, 2.45) is 5.92 Å². The molecule has 2 atom stereocenters. The van der Waals surface area contributed by atoms with E-state index in [-0.39, 0.29) is 0 Å². The molecule has 1 nitrogen and oxygen atoms in total. The van der Waals surface area contributed by atoms with Crippen LogP contribution in [0.25, 0.3) is 0 Å². The summed E-state index contributed by atoms with van der Waals surface area (Å²) in [5.74, 6) is 0.828. The van der Waals surface area contributed by atoms with Crippen molar-refractivity contribution in [3.05, 3.63) is 0 Å². The summed E-state index contributed by atoms with van der Waals surface area (Å²) in [6.07, 6.45) is 9.83. The Hall–Kier alpha value is 0.440. The van der Waals surface area contributed by atoms with Crippen molar-refractivity contribution < 1.29 is 0 Å². The van der Waals surface area contributed by atoms with E-state index in [9.17, 15) is 0 Å². The van der Waals surface area contributed by atoms with E-state index in [2.05, 4.69) is 34.7 Å². The minimum atomic E-state index is 0.758. The van der Waals surface area contributed by atoms with E-state index in [0.29, 0.717) is 0 Å². The number of nitrogens with zero attached hydrogens (tertiary/aromatic N) is 1. The van der Waals surface area contributed by atoms with Crippen molar-refractivity contribution >= 4 is 15.9 Å². The molecule has 0 aliphatic carbocycles. The summed E-state index contributed by atoms with van der Waals surface area (Å²) in [5.41, 5.74) is 0. The van der Waals surface area contributed by atoms with Crippen molar-refractivity contribution in [3.8, 4) is 0 Å². The average Bonchev–Trinajstić information content (AvgIpc) is 2.28. The predicted molar refractivity (Wildman–Crippen MR) is 76.3 cm³/mol. The van der Waals surface area contributed by atoms with E-state index in [4.69, 9.17) is 0 Å². The van der Waals surface area contributed by atoms with Gasteiger partial charge in [-0.1, -0.05) is 61.9 Å². The van der Waals surface area contributed by atoms with Crippen LogP contribution in [0.4, 0.5) is 0 Å². The highest BCUT2D eigenvalue weighted by molar-refractivity contribution is 9.09. The number of hydrogen-bond acceptors (Lipinski definition) is 1. The minimum Gasteiger partial charge on any atom is -0.303 e. The number of halogens is 1. The third-order valence-corrected chi connectivity index (χ3v) is 5.07. The second-order valence-electron chi connectivity index (χ2n) is 5.35. The van der Waals surface area contributed by atoms with Gasteiger partial charge in [0, 0.05) is 11.4 Å². The largest absolute Gasteiger partial charge is 0.303 e. The van der Waals surface area contributed by atoms with Gasteiger partial charge in [0.15, 0.2) is 0 Å². The Balaban J connectivity index is 1.97. The molecule has 0 aromatic heterocycles. The lowest BCUT2D eigenvalue weighted by Crippen LogP contribution is -2.40. The molecule has 0 saturated carbocycles. The fraction of sp³-hybridized carbons (Fsp3) is 1.00. The number of hydrogen-bond donors (Lipinski definition) is 0. The van der Waals surface area contributed by atoms with E-state index in [1.807, 2.05) is 0 Å². The van der Waals surface area contributed by atoms with E-state index in [1.54, 1.807) is 0 Å². The lowest BCUT2D eigenvalue weighted by Gasteiger charge is -2.34. The molecule has 16 heavy (non-hydrogen) atoms. The Labute approximate surface area is 110 Å². The molecule has 1 fully saturated rings. The molecule has 1 aliphatic rings. The van der Waals surface area contributed by atoms with E-state index in [0.717, 1.165) is 10.7 Å². The number of likely N-dealkylation sites (tertiary alicyclic amines) is 1. The fourth-order valence-electron chi connectivity index (χ4n) is 2.52. The maximum atomic E-state index is 3.76. The normalized spacial score (nSPS) is 27.2. The molecule has 1 aliphatic heterocycles. The third kappa shape index (κ3) is 5.67. The Kier molecular flexibility index (Phi) is 7.72. The molecule has 96 valence electrons. The molecule has 0 N–H and O–H groups in total. The zero-order valence-electron chi connectivity index (χ0n) is 11.1. The van der Waals surface area contributed by atoms with E-state index < -0.39 is 0 Å². The maximum absolute atomic E-state index is 3.76. The van der Waals surface area contributed by atoms with Crippen LogP contribution in [0.5, 0.6) is 0 Å². The summed E-state index contributed by atoms with van der Waals surface area (Å²) in [7, 11) is 0. The second-order valence-corrected chi connectivity index (χ2v) is 6.53. The van der Waals surface area contributed by atoms with Crippen LogP contribution in [0.3, 0.4) is 0 Å². The van der Waals surface area contributed by atoms with Crippen molar-refractivity contribution in [2.75, 3.05) is 19.6 Å². The highest BCUT2D eigenvalue weighted by atomic mass is 79.9. The Morgan fingerprint density at radius 1 is 1.12 bits per heavy atom. The summed E-state index contributed by atoms with van der Waals surface area (Å²) in [5, 5.41) is 0. The van der Waals surface area contributed by atoms with Gasteiger partial charge in [0.1, 0.15) is 0 Å². The molecule has 0 amide bonds.